The Balaban J connectivity index is 1.53. The summed E-state index contributed by atoms with van der Waals surface area (Å²) in [6, 6.07) is 5.97. The van der Waals surface area contributed by atoms with Crippen LogP contribution in [0.1, 0.15) is 30.7 Å². The second-order valence-electron chi connectivity index (χ2n) is 8.13. The molecule has 0 bridgehead atoms. The van der Waals surface area contributed by atoms with Crippen LogP contribution in [-0.2, 0) is 24.2 Å². The van der Waals surface area contributed by atoms with E-state index in [0.717, 1.165) is 54.5 Å². The van der Waals surface area contributed by atoms with E-state index in [1.807, 2.05) is 32.0 Å². The molecule has 4 rings (SSSR count). The molecule has 0 saturated carbocycles. The van der Waals surface area contributed by atoms with E-state index in [2.05, 4.69) is 14.8 Å². The Morgan fingerprint density at radius 1 is 1.17 bits per heavy atom. The van der Waals surface area contributed by atoms with Gasteiger partial charge in [-0.05, 0) is 38.0 Å². The first-order valence-electron chi connectivity index (χ1n) is 10.4. The highest BCUT2D eigenvalue weighted by atomic mass is 16.5. The van der Waals surface area contributed by atoms with Gasteiger partial charge in [0.1, 0.15) is 0 Å². The van der Waals surface area contributed by atoms with Gasteiger partial charge in [-0.1, -0.05) is 6.07 Å². The Labute approximate surface area is 176 Å². The number of aromatic amines is 1. The highest BCUT2D eigenvalue weighted by molar-refractivity contribution is 5.43. The van der Waals surface area contributed by atoms with Gasteiger partial charge < -0.3 is 19.1 Å². The molecule has 2 aromatic rings. The minimum atomic E-state index is -0.0208. The minimum Gasteiger partial charge on any atom is -0.493 e. The highest BCUT2D eigenvalue weighted by Crippen LogP contribution is 2.29. The maximum atomic E-state index is 12.7. The van der Waals surface area contributed by atoms with E-state index >= 15 is 0 Å². The van der Waals surface area contributed by atoms with E-state index in [1.165, 1.54) is 0 Å². The number of hydrogen-bond acceptors (Lipinski definition) is 7. The van der Waals surface area contributed by atoms with Crippen molar-refractivity contribution >= 4 is 5.95 Å². The molecule has 1 aromatic heterocycles. The zero-order valence-electron chi connectivity index (χ0n) is 18.1. The highest BCUT2D eigenvalue weighted by Gasteiger charge is 2.27. The number of methoxy groups -OCH3 is 2. The van der Waals surface area contributed by atoms with Crippen molar-refractivity contribution in [2.45, 2.75) is 45.6 Å². The lowest BCUT2D eigenvalue weighted by atomic mass is 10.1. The Kier molecular flexibility index (Phi) is 5.97. The second-order valence-corrected chi connectivity index (χ2v) is 8.13. The standard InChI is InChI=1S/C22H30N4O4/c1-14-10-26(11-15(2)30-14)22-23-18-13-25(8-7-17(18)21(27)24-22)12-16-5-6-19(28-3)20(9-16)29-4/h5-6,9,14-15H,7-8,10-13H2,1-4H3,(H,23,24,27)/t14-,15-/m0/s1. The molecule has 0 aliphatic carbocycles. The zero-order chi connectivity index (χ0) is 21.3. The molecule has 3 heterocycles. The SMILES string of the molecule is COc1ccc(CN2CCc3c(nc(N4C[C@H](C)O[C@@H](C)C4)[nH]c3=O)C2)cc1OC. The number of nitrogens with zero attached hydrogens (tertiary/aromatic N) is 3. The number of nitrogens with one attached hydrogen (secondary N) is 1. The van der Waals surface area contributed by atoms with E-state index in [4.69, 9.17) is 19.2 Å². The van der Waals surface area contributed by atoms with Crippen molar-refractivity contribution < 1.29 is 14.2 Å². The third-order valence-corrected chi connectivity index (χ3v) is 5.71. The number of fused-ring (bicyclic) bond motifs is 1. The largest absolute Gasteiger partial charge is 0.493 e. The number of morpholine rings is 1. The molecule has 1 fully saturated rings. The van der Waals surface area contributed by atoms with Crippen LogP contribution < -0.4 is 19.9 Å². The van der Waals surface area contributed by atoms with Gasteiger partial charge in [0.25, 0.3) is 5.56 Å². The van der Waals surface area contributed by atoms with Gasteiger partial charge in [0.05, 0.1) is 32.1 Å². The third kappa shape index (κ3) is 4.29. The molecule has 1 saturated heterocycles. The number of anilines is 1. The van der Waals surface area contributed by atoms with Crippen LogP contribution >= 0.6 is 0 Å². The number of ether oxygens (including phenoxy) is 3. The van der Waals surface area contributed by atoms with Crippen molar-refractivity contribution in [3.05, 3.63) is 45.4 Å². The van der Waals surface area contributed by atoms with Crippen molar-refractivity contribution in [1.82, 2.24) is 14.9 Å². The molecule has 8 heteroatoms. The molecule has 0 spiro atoms. The van der Waals surface area contributed by atoms with Gasteiger partial charge in [-0.15, -0.1) is 0 Å². The van der Waals surface area contributed by atoms with E-state index in [9.17, 15) is 4.79 Å². The van der Waals surface area contributed by atoms with Gasteiger partial charge in [-0.2, -0.15) is 0 Å². The molecule has 1 N–H and O–H groups in total. The van der Waals surface area contributed by atoms with Crippen LogP contribution in [0.4, 0.5) is 5.95 Å². The molecule has 0 amide bonds. The fraction of sp³-hybridized carbons (Fsp3) is 0.545. The number of aromatic nitrogens is 2. The smallest absolute Gasteiger partial charge is 0.255 e. The number of H-pyrrole nitrogens is 1. The molecule has 162 valence electrons. The molecule has 1 aromatic carbocycles. The first-order valence-corrected chi connectivity index (χ1v) is 10.4. The van der Waals surface area contributed by atoms with Gasteiger partial charge in [-0.25, -0.2) is 4.98 Å². The van der Waals surface area contributed by atoms with Crippen molar-refractivity contribution in [1.29, 1.82) is 0 Å². The van der Waals surface area contributed by atoms with Crippen LogP contribution in [0.2, 0.25) is 0 Å². The van der Waals surface area contributed by atoms with Gasteiger partial charge >= 0.3 is 0 Å². The fourth-order valence-corrected chi connectivity index (χ4v) is 4.35. The van der Waals surface area contributed by atoms with Gasteiger partial charge in [0, 0.05) is 38.3 Å². The predicted octanol–water partition coefficient (Wildman–Crippen LogP) is 1.96. The molecule has 2 aliphatic rings. The summed E-state index contributed by atoms with van der Waals surface area (Å²) in [4.78, 5) is 25.0. The van der Waals surface area contributed by atoms with Gasteiger partial charge in [0.15, 0.2) is 11.5 Å². The van der Waals surface area contributed by atoms with Crippen molar-refractivity contribution in [2.24, 2.45) is 0 Å². The first-order chi connectivity index (χ1) is 14.5. The Morgan fingerprint density at radius 3 is 2.60 bits per heavy atom. The van der Waals surface area contributed by atoms with Crippen LogP contribution in [0, 0.1) is 0 Å². The normalized spacial score (nSPS) is 21.9. The average molecular weight is 415 g/mol. The molecule has 8 nitrogen and oxygen atoms in total. The molecule has 2 atom stereocenters. The Hall–Kier alpha value is -2.58. The van der Waals surface area contributed by atoms with Crippen LogP contribution in [-0.4, -0.2) is 60.9 Å². The average Bonchev–Trinajstić information content (AvgIpc) is 2.72. The van der Waals surface area contributed by atoms with Crippen LogP contribution in [0.15, 0.2) is 23.0 Å². The van der Waals surface area contributed by atoms with Crippen molar-refractivity contribution in [3.8, 4) is 11.5 Å². The number of rotatable bonds is 5. The summed E-state index contributed by atoms with van der Waals surface area (Å²) in [5.74, 6) is 2.09. The number of benzene rings is 1. The maximum absolute atomic E-state index is 12.7. The van der Waals surface area contributed by atoms with Crippen LogP contribution in [0.5, 0.6) is 11.5 Å². The zero-order valence-corrected chi connectivity index (χ0v) is 18.1. The van der Waals surface area contributed by atoms with Gasteiger partial charge in [-0.3, -0.25) is 14.7 Å². The van der Waals surface area contributed by atoms with E-state index in [1.54, 1.807) is 14.2 Å². The third-order valence-electron chi connectivity index (χ3n) is 5.71. The minimum absolute atomic E-state index is 0.0208. The summed E-state index contributed by atoms with van der Waals surface area (Å²) >= 11 is 0. The lowest BCUT2D eigenvalue weighted by Crippen LogP contribution is -2.47. The Bertz CT molecular complexity index is 951. The Morgan fingerprint density at radius 2 is 1.90 bits per heavy atom. The summed E-state index contributed by atoms with van der Waals surface area (Å²) < 4.78 is 16.6. The van der Waals surface area contributed by atoms with Gasteiger partial charge in [0.2, 0.25) is 5.95 Å². The van der Waals surface area contributed by atoms with Crippen LogP contribution in [0.3, 0.4) is 0 Å². The number of hydrogen-bond donors (Lipinski definition) is 1. The summed E-state index contributed by atoms with van der Waals surface area (Å²) in [5, 5.41) is 0. The van der Waals surface area contributed by atoms with Crippen LogP contribution in [0.25, 0.3) is 0 Å². The fourth-order valence-electron chi connectivity index (χ4n) is 4.35. The molecular formula is C22H30N4O4. The summed E-state index contributed by atoms with van der Waals surface area (Å²) in [7, 11) is 3.28. The quantitative estimate of drug-likeness (QED) is 0.801. The van der Waals surface area contributed by atoms with Crippen molar-refractivity contribution in [3.63, 3.8) is 0 Å². The van der Waals surface area contributed by atoms with E-state index < -0.39 is 0 Å². The van der Waals surface area contributed by atoms with E-state index in [-0.39, 0.29) is 17.8 Å². The molecule has 30 heavy (non-hydrogen) atoms. The molecular weight excluding hydrogens is 384 g/mol. The summed E-state index contributed by atoms with van der Waals surface area (Å²) in [6.07, 6.45) is 0.912. The topological polar surface area (TPSA) is 79.9 Å². The molecule has 0 radical (unpaired) electrons. The maximum Gasteiger partial charge on any atom is 0.255 e. The molecule has 0 unspecified atom stereocenters. The van der Waals surface area contributed by atoms with Crippen molar-refractivity contribution in [2.75, 3.05) is 38.8 Å². The monoisotopic (exact) mass is 414 g/mol. The first kappa shape index (κ1) is 20.7. The lowest BCUT2D eigenvalue weighted by Gasteiger charge is -2.36. The lowest BCUT2D eigenvalue weighted by molar-refractivity contribution is -0.00576. The second kappa shape index (κ2) is 8.65. The summed E-state index contributed by atoms with van der Waals surface area (Å²) in [5.41, 5.74) is 2.79. The predicted molar refractivity (Wildman–Crippen MR) is 114 cm³/mol. The summed E-state index contributed by atoms with van der Waals surface area (Å²) in [6.45, 7) is 7.76. The molecule has 2 aliphatic heterocycles. The van der Waals surface area contributed by atoms with E-state index in [0.29, 0.717) is 18.9 Å².